The lowest BCUT2D eigenvalue weighted by Gasteiger charge is -2.46. The fourth-order valence-electron chi connectivity index (χ4n) is 5.59. The van der Waals surface area contributed by atoms with Crippen LogP contribution in [0.5, 0.6) is 0 Å². The molecule has 0 fully saturated rings. The van der Waals surface area contributed by atoms with Gasteiger partial charge in [0.25, 0.3) is 0 Å². The number of nitro groups is 1. The van der Waals surface area contributed by atoms with Crippen LogP contribution in [0.25, 0.3) is 0 Å². The van der Waals surface area contributed by atoms with Crippen molar-refractivity contribution in [3.8, 4) is 0 Å². The van der Waals surface area contributed by atoms with E-state index >= 15 is 0 Å². The maximum atomic E-state index is 13.3. The summed E-state index contributed by atoms with van der Waals surface area (Å²) in [5.41, 5.74) is -1.43. The molecule has 0 aromatic rings. The van der Waals surface area contributed by atoms with Gasteiger partial charge in [-0.3, -0.25) is 43.7 Å². The molecule has 0 aliphatic heterocycles. The first-order chi connectivity index (χ1) is 21.3. The van der Waals surface area contributed by atoms with Crippen LogP contribution >= 0.6 is 0 Å². The van der Waals surface area contributed by atoms with Gasteiger partial charge in [0.1, 0.15) is 12.5 Å². The van der Waals surface area contributed by atoms with Crippen LogP contribution < -0.4 is 0 Å². The van der Waals surface area contributed by atoms with Crippen molar-refractivity contribution in [3.63, 3.8) is 0 Å². The molecule has 46 heavy (non-hydrogen) atoms. The average molecular weight is 660 g/mol. The van der Waals surface area contributed by atoms with Crippen molar-refractivity contribution in [3.05, 3.63) is 21.3 Å². The van der Waals surface area contributed by atoms with E-state index < -0.39 is 108 Å². The Labute approximate surface area is 265 Å². The van der Waals surface area contributed by atoms with Crippen molar-refractivity contribution in [1.82, 2.24) is 0 Å². The van der Waals surface area contributed by atoms with Crippen molar-refractivity contribution in [2.75, 3.05) is 20.8 Å². The summed E-state index contributed by atoms with van der Waals surface area (Å²) >= 11 is 0. The maximum absolute atomic E-state index is 13.3. The highest BCUT2D eigenvalue weighted by Gasteiger charge is 2.66. The Bertz CT molecular complexity index is 1240. The van der Waals surface area contributed by atoms with Gasteiger partial charge in [-0.15, -0.1) is 0 Å². The molecule has 0 saturated heterocycles. The molecule has 17 heteroatoms. The van der Waals surface area contributed by atoms with Crippen molar-refractivity contribution in [2.24, 2.45) is 11.8 Å². The second-order valence-electron chi connectivity index (χ2n) is 10.8. The number of esters is 7. The van der Waals surface area contributed by atoms with E-state index in [0.717, 1.165) is 48.8 Å². The van der Waals surface area contributed by atoms with Crippen LogP contribution in [0.1, 0.15) is 67.7 Å². The maximum Gasteiger partial charge on any atom is 0.316 e. The Kier molecular flexibility index (Phi) is 14.8. The van der Waals surface area contributed by atoms with Crippen molar-refractivity contribution < 1.29 is 71.6 Å². The van der Waals surface area contributed by atoms with Gasteiger partial charge in [0.15, 0.2) is 24.4 Å². The Morgan fingerprint density at radius 3 is 1.74 bits per heavy atom. The Morgan fingerprint density at radius 2 is 1.30 bits per heavy atom. The van der Waals surface area contributed by atoms with E-state index in [-0.39, 0.29) is 6.42 Å². The summed E-state index contributed by atoms with van der Waals surface area (Å²) < 4.78 is 36.5. The molecule has 7 atom stereocenters. The lowest BCUT2D eigenvalue weighted by molar-refractivity contribution is -0.593. The Morgan fingerprint density at radius 1 is 0.783 bits per heavy atom. The van der Waals surface area contributed by atoms with E-state index in [1.54, 1.807) is 13.8 Å². The van der Waals surface area contributed by atoms with Crippen molar-refractivity contribution >= 4 is 41.8 Å². The van der Waals surface area contributed by atoms with Gasteiger partial charge >= 0.3 is 41.8 Å². The number of allylic oxidation sites excluding steroid dienone is 1. The molecule has 0 N–H and O–H groups in total. The zero-order chi connectivity index (χ0) is 35.5. The predicted octanol–water partition coefficient (Wildman–Crippen LogP) is 1.39. The van der Waals surface area contributed by atoms with E-state index in [4.69, 9.17) is 33.2 Å². The molecule has 0 bridgehead atoms. The second kappa shape index (κ2) is 17.2. The van der Waals surface area contributed by atoms with Crippen LogP contribution in [-0.4, -0.2) is 97.5 Å². The van der Waals surface area contributed by atoms with Crippen molar-refractivity contribution in [2.45, 2.75) is 97.7 Å². The number of carbonyl (C=O) groups excluding carboxylic acids is 7. The normalized spacial score (nSPS) is 20.8. The molecule has 0 unspecified atom stereocenters. The largest absolute Gasteiger partial charge is 0.469 e. The predicted molar refractivity (Wildman–Crippen MR) is 152 cm³/mol. The third-order valence-electron chi connectivity index (χ3n) is 7.56. The Balaban J connectivity index is 4.26. The molecule has 258 valence electrons. The SMILES string of the molecule is COC(=O)C[C@H](C(=O)OC)[C@]1([N+](=O)[O-])CC(C)=C(C)C[C@H]1[C@@H](OC(C)=O)[C@@H](OC(C)=O)[C@H](OC(C)=O)[C@@H](COC(C)=O)OC(C)=O. The van der Waals surface area contributed by atoms with Crippen LogP contribution in [0.15, 0.2) is 11.1 Å². The average Bonchev–Trinajstić information content (AvgIpc) is 2.94. The number of methoxy groups -OCH3 is 2. The van der Waals surface area contributed by atoms with Gasteiger partial charge in [0, 0.05) is 46.0 Å². The summed E-state index contributed by atoms with van der Waals surface area (Å²) in [6.45, 7) is 7.36. The molecule has 0 aromatic heterocycles. The highest BCUT2D eigenvalue weighted by molar-refractivity contribution is 5.81. The monoisotopic (exact) mass is 659 g/mol. The molecule has 0 aromatic carbocycles. The molecule has 1 rings (SSSR count). The van der Waals surface area contributed by atoms with Gasteiger partial charge in [0.2, 0.25) is 5.54 Å². The number of hydrogen-bond acceptors (Lipinski definition) is 16. The van der Waals surface area contributed by atoms with Gasteiger partial charge in [-0.1, -0.05) is 11.1 Å². The highest BCUT2D eigenvalue weighted by Crippen LogP contribution is 2.49. The summed E-state index contributed by atoms with van der Waals surface area (Å²) in [5, 5.41) is 13.3. The zero-order valence-corrected chi connectivity index (χ0v) is 27.3. The summed E-state index contributed by atoms with van der Waals surface area (Å²) in [4.78, 5) is 99.5. The minimum absolute atomic E-state index is 0.258. The molecular weight excluding hydrogens is 618 g/mol. The zero-order valence-electron chi connectivity index (χ0n) is 27.3. The van der Waals surface area contributed by atoms with E-state index in [0.29, 0.717) is 11.1 Å². The lowest BCUT2D eigenvalue weighted by atomic mass is 9.61. The number of nitrogens with zero attached hydrogens (tertiary/aromatic N) is 1. The van der Waals surface area contributed by atoms with E-state index in [2.05, 4.69) is 0 Å². The standard InChI is InChI=1S/C29H41NO16/c1-14-10-21(29(30(38)39,12-15(14)2)22(28(37)41-9)11-24(36)40-8)25(44-18(5)33)27(46-20(7)35)26(45-19(6)34)23(43-17(4)32)13-42-16(3)31/h21-23,25-27H,10-13H2,1-9H3/t21-,22+,23+,25+,26+,27+,29-/m0/s1. The topological polar surface area (TPSA) is 227 Å². The molecule has 1 aliphatic rings. The molecular formula is C29H41NO16. The van der Waals surface area contributed by atoms with Crippen LogP contribution in [0.3, 0.4) is 0 Å². The minimum Gasteiger partial charge on any atom is -0.469 e. The quantitative estimate of drug-likeness (QED) is 0.0795. The third kappa shape index (κ3) is 10.2. The lowest BCUT2D eigenvalue weighted by Crippen LogP contribution is -2.64. The highest BCUT2D eigenvalue weighted by atomic mass is 16.6. The van der Waals surface area contributed by atoms with Crippen LogP contribution in [0.4, 0.5) is 0 Å². The molecule has 0 radical (unpaired) electrons. The smallest absolute Gasteiger partial charge is 0.316 e. The molecule has 0 spiro atoms. The molecule has 17 nitrogen and oxygen atoms in total. The van der Waals surface area contributed by atoms with Gasteiger partial charge in [-0.2, -0.15) is 0 Å². The van der Waals surface area contributed by atoms with Crippen LogP contribution in [-0.2, 0) is 66.7 Å². The summed E-state index contributed by atoms with van der Waals surface area (Å²) in [7, 11) is 1.98. The first-order valence-corrected chi connectivity index (χ1v) is 14.1. The van der Waals surface area contributed by atoms with Crippen LogP contribution in [0.2, 0.25) is 0 Å². The number of carbonyl (C=O) groups is 7. The molecule has 0 saturated carbocycles. The van der Waals surface area contributed by atoms with Gasteiger partial charge in [0.05, 0.1) is 26.6 Å². The van der Waals surface area contributed by atoms with Gasteiger partial charge in [-0.25, -0.2) is 0 Å². The minimum atomic E-state index is -2.48. The second-order valence-corrected chi connectivity index (χ2v) is 10.8. The Hall–Kier alpha value is -4.57. The van der Waals surface area contributed by atoms with E-state index in [9.17, 15) is 43.7 Å². The van der Waals surface area contributed by atoms with Crippen LogP contribution in [0, 0.1) is 22.0 Å². The first-order valence-electron chi connectivity index (χ1n) is 14.1. The van der Waals surface area contributed by atoms with Gasteiger partial charge in [-0.05, 0) is 20.3 Å². The fraction of sp³-hybridized carbons (Fsp3) is 0.690. The van der Waals surface area contributed by atoms with E-state index in [1.165, 1.54) is 0 Å². The third-order valence-corrected chi connectivity index (χ3v) is 7.56. The first kappa shape index (κ1) is 39.5. The molecule has 0 amide bonds. The van der Waals surface area contributed by atoms with Crippen molar-refractivity contribution in [1.29, 1.82) is 0 Å². The van der Waals surface area contributed by atoms with E-state index in [1.807, 2.05) is 0 Å². The summed E-state index contributed by atoms with van der Waals surface area (Å²) in [5.74, 6) is -10.4. The molecule has 0 heterocycles. The van der Waals surface area contributed by atoms with Gasteiger partial charge < -0.3 is 33.2 Å². The number of rotatable bonds is 15. The number of ether oxygens (including phenoxy) is 7. The number of hydrogen-bond donors (Lipinski definition) is 0. The fourth-order valence-corrected chi connectivity index (χ4v) is 5.59. The molecule has 1 aliphatic carbocycles. The summed E-state index contributed by atoms with van der Waals surface area (Å²) in [6, 6.07) is 0. The summed E-state index contributed by atoms with van der Waals surface area (Å²) in [6.07, 6.45) is -8.98.